The summed E-state index contributed by atoms with van der Waals surface area (Å²) in [6.07, 6.45) is 0. The lowest BCUT2D eigenvalue weighted by molar-refractivity contribution is -0.255. The predicted octanol–water partition coefficient (Wildman–Crippen LogP) is 3.95. The zero-order chi connectivity index (χ0) is 16.8. The van der Waals surface area contributed by atoms with Crippen LogP contribution in [0.15, 0.2) is 48.8 Å². The number of hydrogen-bond donors (Lipinski definition) is 0. The highest BCUT2D eigenvalue weighted by molar-refractivity contribution is 6.99. The maximum Gasteiger partial charge on any atom is 0.373 e. The highest BCUT2D eigenvalue weighted by Gasteiger charge is 2.26. The summed E-state index contributed by atoms with van der Waals surface area (Å²) in [6, 6.07) is 8.45. The van der Waals surface area contributed by atoms with Crippen LogP contribution in [-0.4, -0.2) is 20.7 Å². The summed E-state index contributed by atoms with van der Waals surface area (Å²) in [4.78, 5) is 21.8. The van der Waals surface area contributed by atoms with Gasteiger partial charge in [0.15, 0.2) is 0 Å². The van der Waals surface area contributed by atoms with E-state index in [-0.39, 0.29) is 5.41 Å². The van der Waals surface area contributed by atoms with Crippen molar-refractivity contribution in [3.8, 4) is 0 Å². The molecule has 1 rings (SSSR count). The fourth-order valence-electron chi connectivity index (χ4n) is 2.04. The molecule has 4 heteroatoms. The second-order valence-electron chi connectivity index (χ2n) is 6.57. The molecule has 0 radical (unpaired) electrons. The van der Waals surface area contributed by atoms with E-state index >= 15 is 0 Å². The van der Waals surface area contributed by atoms with E-state index in [0.717, 1.165) is 6.04 Å². The van der Waals surface area contributed by atoms with Gasteiger partial charge in [-0.05, 0) is 23.6 Å². The summed E-state index contributed by atoms with van der Waals surface area (Å²) in [5, 5.41) is 1.19. The van der Waals surface area contributed by atoms with Crippen LogP contribution in [0.3, 0.4) is 0 Å². The number of rotatable bonds is 7. The van der Waals surface area contributed by atoms with Gasteiger partial charge in [0.05, 0.1) is 12.2 Å². The van der Waals surface area contributed by atoms with Crippen molar-refractivity contribution in [3.63, 3.8) is 0 Å². The van der Waals surface area contributed by atoms with E-state index < -0.39 is 14.0 Å². The largest absolute Gasteiger partial charge is 0.373 e. The van der Waals surface area contributed by atoms with Crippen molar-refractivity contribution >= 4 is 19.2 Å². The van der Waals surface area contributed by atoms with Crippen molar-refractivity contribution in [1.29, 1.82) is 0 Å². The van der Waals surface area contributed by atoms with E-state index in [1.807, 2.05) is 44.3 Å². The fraction of sp³-hybridized carbons (Fsp3) is 0.389. The second kappa shape index (κ2) is 7.56. The van der Waals surface area contributed by atoms with E-state index in [2.05, 4.69) is 20.1 Å². The molecular formula is C18H26O3Si. The molecule has 1 aromatic rings. The minimum atomic E-state index is -1.86. The maximum absolute atomic E-state index is 11.9. The summed E-state index contributed by atoms with van der Waals surface area (Å²) in [5.74, 6) is -0.475. The van der Waals surface area contributed by atoms with Crippen LogP contribution in [0.1, 0.15) is 38.1 Å². The van der Waals surface area contributed by atoms with Crippen molar-refractivity contribution in [3.05, 3.63) is 54.4 Å². The van der Waals surface area contributed by atoms with Crippen LogP contribution in [0.2, 0.25) is 6.04 Å². The Labute approximate surface area is 134 Å². The number of carbonyl (C=O) groups excluding carboxylic acids is 1. The molecule has 0 aliphatic carbocycles. The third-order valence-corrected chi connectivity index (χ3v) is 7.63. The lowest BCUT2D eigenvalue weighted by Gasteiger charge is -2.23. The molecule has 3 nitrogen and oxygen atoms in total. The van der Waals surface area contributed by atoms with Crippen LogP contribution >= 0.6 is 0 Å². The highest BCUT2D eigenvalue weighted by Crippen LogP contribution is 2.15. The molecule has 1 aromatic carbocycles. The van der Waals surface area contributed by atoms with Crippen molar-refractivity contribution in [2.75, 3.05) is 6.61 Å². The Balaban J connectivity index is 2.78. The quantitative estimate of drug-likeness (QED) is 0.434. The predicted molar refractivity (Wildman–Crippen MR) is 93.5 cm³/mol. The van der Waals surface area contributed by atoms with E-state index in [9.17, 15) is 4.79 Å². The van der Waals surface area contributed by atoms with Gasteiger partial charge in [-0.15, -0.1) is 13.2 Å². The minimum absolute atomic E-state index is 0.0512. The van der Waals surface area contributed by atoms with E-state index in [0.29, 0.717) is 12.2 Å². The molecule has 0 spiro atoms. The zero-order valence-electron chi connectivity index (χ0n) is 14.0. The summed E-state index contributed by atoms with van der Waals surface area (Å²) in [7, 11) is -1.86. The third-order valence-electron chi connectivity index (χ3n) is 3.60. The Morgan fingerprint density at radius 3 is 2.14 bits per heavy atom. The third kappa shape index (κ3) is 4.68. The van der Waals surface area contributed by atoms with Gasteiger partial charge >= 0.3 is 5.97 Å². The number of benzene rings is 1. The molecule has 0 unspecified atom stereocenters. The van der Waals surface area contributed by atoms with E-state index in [1.54, 1.807) is 12.1 Å². The van der Waals surface area contributed by atoms with Gasteiger partial charge < -0.3 is 0 Å². The normalized spacial score (nSPS) is 11.8. The molecule has 0 amide bonds. The Hall–Kier alpha value is -1.65. The Kier molecular flexibility index (Phi) is 6.32. The summed E-state index contributed by atoms with van der Waals surface area (Å²) in [5.41, 5.74) is 4.45. The molecule has 0 atom stereocenters. The van der Waals surface area contributed by atoms with Gasteiger partial charge in [0.2, 0.25) is 0 Å². The van der Waals surface area contributed by atoms with Crippen LogP contribution in [-0.2, 0) is 9.78 Å². The summed E-state index contributed by atoms with van der Waals surface area (Å²) in [6.45, 7) is 16.4. The molecule has 0 saturated carbocycles. The molecule has 0 bridgehead atoms. The van der Waals surface area contributed by atoms with Gasteiger partial charge in [-0.2, -0.15) is 4.89 Å². The standard InChI is InChI=1S/C18H26O3Si/c1-7-22(8-2,9-3)16-12-10-15(11-13-16)17(19)21-20-14-18(4,5)6/h7-8,10-13H,1-2,9,14H2,3-6H3. The molecule has 0 aliphatic rings. The molecular weight excluding hydrogens is 292 g/mol. The zero-order valence-corrected chi connectivity index (χ0v) is 15.0. The van der Waals surface area contributed by atoms with E-state index in [1.165, 1.54) is 5.19 Å². The molecule has 22 heavy (non-hydrogen) atoms. The average molecular weight is 318 g/mol. The maximum atomic E-state index is 11.9. The Morgan fingerprint density at radius 2 is 1.73 bits per heavy atom. The SMILES string of the molecule is C=C[Si](C=C)(CC)c1ccc(C(=O)OOCC(C)(C)C)cc1. The molecule has 0 aliphatic heterocycles. The topological polar surface area (TPSA) is 35.5 Å². The lowest BCUT2D eigenvalue weighted by Crippen LogP contribution is -2.43. The molecule has 0 aromatic heterocycles. The fourth-order valence-corrected chi connectivity index (χ4v) is 4.45. The van der Waals surface area contributed by atoms with Crippen molar-refractivity contribution in [2.45, 2.75) is 33.7 Å². The first kappa shape index (κ1) is 18.4. The molecule has 0 N–H and O–H groups in total. The summed E-state index contributed by atoms with van der Waals surface area (Å²) < 4.78 is 0. The van der Waals surface area contributed by atoms with Gasteiger partial charge in [-0.3, -0.25) is 4.89 Å². The monoisotopic (exact) mass is 318 g/mol. The van der Waals surface area contributed by atoms with Gasteiger partial charge in [0, 0.05) is 0 Å². The van der Waals surface area contributed by atoms with Gasteiger partial charge in [-0.25, -0.2) is 4.79 Å². The average Bonchev–Trinajstić information content (AvgIpc) is 2.49. The molecule has 0 heterocycles. The van der Waals surface area contributed by atoms with Crippen LogP contribution < -0.4 is 5.19 Å². The van der Waals surface area contributed by atoms with Crippen LogP contribution in [0.4, 0.5) is 0 Å². The smallest absolute Gasteiger partial charge is 0.293 e. The summed E-state index contributed by atoms with van der Waals surface area (Å²) >= 11 is 0. The second-order valence-corrected chi connectivity index (χ2v) is 10.8. The minimum Gasteiger partial charge on any atom is -0.293 e. The van der Waals surface area contributed by atoms with Gasteiger partial charge in [0.1, 0.15) is 8.07 Å². The number of carbonyl (C=O) groups is 1. The number of hydrogen-bond acceptors (Lipinski definition) is 3. The van der Waals surface area contributed by atoms with Crippen LogP contribution in [0.25, 0.3) is 0 Å². The van der Waals surface area contributed by atoms with Crippen molar-refractivity contribution in [1.82, 2.24) is 0 Å². The Bertz CT molecular complexity index is 518. The van der Waals surface area contributed by atoms with Crippen molar-refractivity contribution < 1.29 is 14.6 Å². The molecule has 0 fully saturated rings. The molecule has 0 saturated heterocycles. The first-order valence-corrected chi connectivity index (χ1v) is 9.85. The van der Waals surface area contributed by atoms with Crippen molar-refractivity contribution in [2.24, 2.45) is 5.41 Å². The highest BCUT2D eigenvalue weighted by atomic mass is 28.3. The van der Waals surface area contributed by atoms with Gasteiger partial charge in [-0.1, -0.05) is 56.4 Å². The van der Waals surface area contributed by atoms with Crippen LogP contribution in [0.5, 0.6) is 0 Å². The van der Waals surface area contributed by atoms with E-state index in [4.69, 9.17) is 9.78 Å². The first-order chi connectivity index (χ1) is 10.3. The Morgan fingerprint density at radius 1 is 1.18 bits per heavy atom. The van der Waals surface area contributed by atoms with Gasteiger partial charge in [0.25, 0.3) is 0 Å². The van der Waals surface area contributed by atoms with Crippen LogP contribution in [0, 0.1) is 5.41 Å². The first-order valence-electron chi connectivity index (χ1n) is 7.49. The molecule has 120 valence electrons. The lowest BCUT2D eigenvalue weighted by atomic mass is 9.99.